The van der Waals surface area contributed by atoms with E-state index in [0.717, 1.165) is 5.56 Å². The average molecular weight is 387 g/mol. The third kappa shape index (κ3) is 5.68. The number of nitrogens with two attached hydrogens (primary N) is 1. The lowest BCUT2D eigenvalue weighted by Crippen LogP contribution is -2.35. The summed E-state index contributed by atoms with van der Waals surface area (Å²) in [5.74, 6) is 0.465. The molecular formula is C20H25N3O5. The Kier molecular flexibility index (Phi) is 7.34. The van der Waals surface area contributed by atoms with Crippen molar-refractivity contribution in [3.05, 3.63) is 63.7 Å². The lowest BCUT2D eigenvalue weighted by atomic mass is 9.99. The maximum absolute atomic E-state index is 12.0. The van der Waals surface area contributed by atoms with E-state index in [4.69, 9.17) is 15.2 Å². The van der Waals surface area contributed by atoms with Crippen LogP contribution in [0.4, 0.5) is 5.69 Å². The van der Waals surface area contributed by atoms with Crippen molar-refractivity contribution in [3.63, 3.8) is 0 Å². The highest BCUT2D eigenvalue weighted by atomic mass is 16.6. The number of hydrogen-bond acceptors (Lipinski definition) is 6. The maximum Gasteiger partial charge on any atom is 0.311 e. The minimum absolute atomic E-state index is 0.0646. The number of benzene rings is 2. The third-order valence-corrected chi connectivity index (χ3v) is 4.27. The summed E-state index contributed by atoms with van der Waals surface area (Å²) in [7, 11) is 1.33. The Bertz CT molecular complexity index is 821. The van der Waals surface area contributed by atoms with E-state index in [2.05, 4.69) is 19.2 Å². The number of carbonyl (C=O) groups excluding carboxylic acids is 1. The van der Waals surface area contributed by atoms with Gasteiger partial charge < -0.3 is 20.5 Å². The van der Waals surface area contributed by atoms with E-state index < -0.39 is 4.92 Å². The van der Waals surface area contributed by atoms with E-state index in [-0.39, 0.29) is 36.5 Å². The molecule has 0 bridgehead atoms. The molecule has 150 valence electrons. The molecule has 0 aliphatic heterocycles. The minimum Gasteiger partial charge on any atom is -0.490 e. The van der Waals surface area contributed by atoms with E-state index in [1.165, 1.54) is 30.9 Å². The van der Waals surface area contributed by atoms with Gasteiger partial charge in [-0.05, 0) is 23.1 Å². The molecule has 0 aromatic heterocycles. The molecule has 8 nitrogen and oxygen atoms in total. The van der Waals surface area contributed by atoms with Crippen LogP contribution in [0, 0.1) is 10.1 Å². The summed E-state index contributed by atoms with van der Waals surface area (Å²) in [6, 6.07) is 11.7. The van der Waals surface area contributed by atoms with Crippen molar-refractivity contribution < 1.29 is 19.2 Å². The Morgan fingerprint density at radius 1 is 1.18 bits per heavy atom. The van der Waals surface area contributed by atoms with Crippen LogP contribution in [0.2, 0.25) is 0 Å². The molecule has 0 fully saturated rings. The molecular weight excluding hydrogens is 362 g/mol. The van der Waals surface area contributed by atoms with Crippen molar-refractivity contribution in [2.75, 3.05) is 20.3 Å². The van der Waals surface area contributed by atoms with Gasteiger partial charge in [0, 0.05) is 24.7 Å². The number of nitrogens with zero attached hydrogens (tertiary/aromatic N) is 1. The molecule has 0 spiro atoms. The monoisotopic (exact) mass is 387 g/mol. The van der Waals surface area contributed by atoms with Crippen molar-refractivity contribution in [1.82, 2.24) is 5.32 Å². The van der Waals surface area contributed by atoms with E-state index in [0.29, 0.717) is 11.7 Å². The van der Waals surface area contributed by atoms with Gasteiger partial charge in [0.2, 0.25) is 5.75 Å². The third-order valence-electron chi connectivity index (χ3n) is 4.27. The molecule has 0 heterocycles. The molecule has 0 aliphatic rings. The zero-order chi connectivity index (χ0) is 20.7. The number of ether oxygens (including phenoxy) is 2. The zero-order valence-electron chi connectivity index (χ0n) is 16.2. The maximum atomic E-state index is 12.0. The first-order valence-corrected chi connectivity index (χ1v) is 8.89. The Morgan fingerprint density at radius 2 is 1.82 bits per heavy atom. The fourth-order valence-corrected chi connectivity index (χ4v) is 2.57. The van der Waals surface area contributed by atoms with Crippen molar-refractivity contribution in [2.24, 2.45) is 5.73 Å². The number of nitro benzene ring substituents is 1. The fraction of sp³-hybridized carbons (Fsp3) is 0.350. The Hall–Kier alpha value is -3.13. The number of carbonyl (C=O) groups is 1. The second-order valence-electron chi connectivity index (χ2n) is 6.61. The molecule has 2 rings (SSSR count). The van der Waals surface area contributed by atoms with Gasteiger partial charge in [0.05, 0.1) is 12.0 Å². The molecule has 0 saturated carbocycles. The number of methoxy groups -OCH3 is 1. The molecule has 0 radical (unpaired) electrons. The second-order valence-corrected chi connectivity index (χ2v) is 6.61. The van der Waals surface area contributed by atoms with Crippen LogP contribution in [0.25, 0.3) is 0 Å². The molecule has 2 aromatic carbocycles. The van der Waals surface area contributed by atoms with Crippen LogP contribution < -0.4 is 20.5 Å². The van der Waals surface area contributed by atoms with Crippen molar-refractivity contribution in [1.29, 1.82) is 0 Å². The first-order chi connectivity index (χ1) is 13.3. The predicted octanol–water partition coefficient (Wildman–Crippen LogP) is 2.92. The highest BCUT2D eigenvalue weighted by molar-refractivity contribution is 5.77. The van der Waals surface area contributed by atoms with Gasteiger partial charge in [-0.2, -0.15) is 0 Å². The Morgan fingerprint density at radius 3 is 2.39 bits per heavy atom. The van der Waals surface area contributed by atoms with Gasteiger partial charge in [0.15, 0.2) is 6.61 Å². The van der Waals surface area contributed by atoms with Crippen molar-refractivity contribution in [2.45, 2.75) is 25.8 Å². The molecule has 3 N–H and O–H groups in total. The summed E-state index contributed by atoms with van der Waals surface area (Å²) in [6.45, 7) is 4.28. The summed E-state index contributed by atoms with van der Waals surface area (Å²) in [5.41, 5.74) is 8.12. The molecule has 0 saturated heterocycles. The highest BCUT2D eigenvalue weighted by Crippen LogP contribution is 2.30. The summed E-state index contributed by atoms with van der Waals surface area (Å²) >= 11 is 0. The van der Waals surface area contributed by atoms with Gasteiger partial charge in [-0.3, -0.25) is 14.9 Å². The molecule has 1 unspecified atom stereocenters. The number of hydrogen-bond donors (Lipinski definition) is 2. The Labute approximate surface area is 163 Å². The van der Waals surface area contributed by atoms with Gasteiger partial charge in [0.25, 0.3) is 5.91 Å². The van der Waals surface area contributed by atoms with Gasteiger partial charge >= 0.3 is 5.69 Å². The van der Waals surface area contributed by atoms with Crippen molar-refractivity contribution in [3.8, 4) is 11.5 Å². The summed E-state index contributed by atoms with van der Waals surface area (Å²) in [6.07, 6.45) is 0. The lowest BCUT2D eigenvalue weighted by Gasteiger charge is -2.15. The van der Waals surface area contributed by atoms with Crippen LogP contribution in [0.1, 0.15) is 36.9 Å². The lowest BCUT2D eigenvalue weighted by molar-refractivity contribution is -0.385. The standard InChI is InChI=1S/C20H25N3O5/c1-13(2)14-4-6-15(7-5-14)17(21)11-22-20(24)12-28-16-8-9-18(23(25)26)19(10-16)27-3/h4-10,13,17H,11-12,21H2,1-3H3,(H,22,24). The molecule has 0 aliphatic carbocycles. The predicted molar refractivity (Wildman–Crippen MR) is 106 cm³/mol. The minimum atomic E-state index is -0.551. The van der Waals surface area contributed by atoms with Gasteiger partial charge in [-0.25, -0.2) is 0 Å². The zero-order valence-corrected chi connectivity index (χ0v) is 16.2. The number of nitrogens with one attached hydrogen (secondary N) is 1. The van der Waals surface area contributed by atoms with Crippen LogP contribution in [-0.2, 0) is 4.79 Å². The topological polar surface area (TPSA) is 117 Å². The van der Waals surface area contributed by atoms with Crippen LogP contribution >= 0.6 is 0 Å². The number of nitro groups is 1. The SMILES string of the molecule is COc1cc(OCC(=O)NCC(N)c2ccc(C(C)C)cc2)ccc1[N+](=O)[O-]. The summed E-state index contributed by atoms with van der Waals surface area (Å²) < 4.78 is 10.3. The molecule has 28 heavy (non-hydrogen) atoms. The van der Waals surface area contributed by atoms with E-state index in [1.807, 2.05) is 24.3 Å². The normalized spacial score (nSPS) is 11.8. The Balaban J connectivity index is 1.84. The van der Waals surface area contributed by atoms with Gasteiger partial charge in [0.1, 0.15) is 5.75 Å². The molecule has 1 amide bonds. The number of rotatable bonds is 9. The smallest absolute Gasteiger partial charge is 0.311 e. The first kappa shape index (κ1) is 21.2. The first-order valence-electron chi connectivity index (χ1n) is 8.89. The fourth-order valence-electron chi connectivity index (χ4n) is 2.57. The van der Waals surface area contributed by atoms with Crippen molar-refractivity contribution >= 4 is 11.6 Å². The number of amides is 1. The summed E-state index contributed by atoms with van der Waals surface area (Å²) in [5, 5.41) is 13.6. The van der Waals surface area contributed by atoms with Crippen LogP contribution in [0.3, 0.4) is 0 Å². The second kappa shape index (κ2) is 9.70. The molecule has 1 atom stereocenters. The highest BCUT2D eigenvalue weighted by Gasteiger charge is 2.16. The van der Waals surface area contributed by atoms with E-state index >= 15 is 0 Å². The van der Waals surface area contributed by atoms with E-state index in [9.17, 15) is 14.9 Å². The van der Waals surface area contributed by atoms with Crippen LogP contribution in [0.15, 0.2) is 42.5 Å². The quantitative estimate of drug-likeness (QED) is 0.505. The van der Waals surface area contributed by atoms with Gasteiger partial charge in [-0.1, -0.05) is 38.1 Å². The van der Waals surface area contributed by atoms with E-state index in [1.54, 1.807) is 0 Å². The van der Waals surface area contributed by atoms with Crippen LogP contribution in [-0.4, -0.2) is 31.1 Å². The van der Waals surface area contributed by atoms with Crippen LogP contribution in [0.5, 0.6) is 11.5 Å². The largest absolute Gasteiger partial charge is 0.490 e. The summed E-state index contributed by atoms with van der Waals surface area (Å²) in [4.78, 5) is 22.3. The molecule has 8 heteroatoms. The average Bonchev–Trinajstić information content (AvgIpc) is 2.70. The molecule has 2 aromatic rings. The van der Waals surface area contributed by atoms with Gasteiger partial charge in [-0.15, -0.1) is 0 Å².